The summed E-state index contributed by atoms with van der Waals surface area (Å²) in [6, 6.07) is 13.7. The van der Waals surface area contributed by atoms with Gasteiger partial charge < -0.3 is 15.2 Å². The molecular weight excluding hydrogens is 352 g/mol. The molecule has 0 fully saturated rings. The van der Waals surface area contributed by atoms with E-state index in [0.717, 1.165) is 11.1 Å². The summed E-state index contributed by atoms with van der Waals surface area (Å²) in [5, 5.41) is 23.7. The van der Waals surface area contributed by atoms with Crippen LogP contribution in [0.1, 0.15) is 22.7 Å². The highest BCUT2D eigenvalue weighted by Crippen LogP contribution is 2.37. The summed E-state index contributed by atoms with van der Waals surface area (Å²) in [6.07, 6.45) is 1.25. The lowest BCUT2D eigenvalue weighted by Crippen LogP contribution is -2.21. The van der Waals surface area contributed by atoms with Crippen molar-refractivity contribution in [3.63, 3.8) is 0 Å². The molecule has 2 atom stereocenters. The van der Waals surface area contributed by atoms with Gasteiger partial charge in [0.05, 0.1) is 28.9 Å². The van der Waals surface area contributed by atoms with Crippen molar-refractivity contribution in [3.8, 4) is 11.8 Å². The molecule has 0 unspecified atom stereocenters. The second-order valence-corrected chi connectivity index (χ2v) is 6.31. The van der Waals surface area contributed by atoms with Crippen LogP contribution >= 0.6 is 0 Å². The van der Waals surface area contributed by atoms with Crippen LogP contribution < -0.4 is 10.1 Å². The fraction of sp³-hybridized carbons (Fsp3) is 0.200. The number of hydrogen-bond acceptors (Lipinski definition) is 5. The molecule has 136 valence electrons. The normalized spacial score (nSPS) is 18.3. The van der Waals surface area contributed by atoms with Crippen LogP contribution in [0.3, 0.4) is 0 Å². The van der Waals surface area contributed by atoms with Gasteiger partial charge >= 0.3 is 6.61 Å². The molecule has 2 aromatic carbocycles. The fourth-order valence-electron chi connectivity index (χ4n) is 3.49. The molecule has 7 heteroatoms. The molecule has 0 aliphatic heterocycles. The van der Waals surface area contributed by atoms with Crippen molar-refractivity contribution >= 4 is 16.6 Å². The highest BCUT2D eigenvalue weighted by molar-refractivity contribution is 5.95. The maximum absolute atomic E-state index is 12.6. The number of aromatic nitrogens is 1. The lowest BCUT2D eigenvalue weighted by Gasteiger charge is -2.21. The molecule has 27 heavy (non-hydrogen) atoms. The van der Waals surface area contributed by atoms with Crippen LogP contribution in [0.5, 0.6) is 5.75 Å². The number of aliphatic hydroxyl groups is 1. The highest BCUT2D eigenvalue weighted by Gasteiger charge is 2.31. The number of benzene rings is 2. The van der Waals surface area contributed by atoms with E-state index < -0.39 is 18.8 Å². The molecular formula is C20H15F2N3O2. The number of nitriles is 1. The molecule has 1 aromatic heterocycles. The molecule has 1 aliphatic carbocycles. The van der Waals surface area contributed by atoms with Crippen LogP contribution in [-0.4, -0.2) is 22.8 Å². The van der Waals surface area contributed by atoms with Crippen molar-refractivity contribution < 1.29 is 18.6 Å². The number of ether oxygens (including phenoxy) is 1. The van der Waals surface area contributed by atoms with Crippen molar-refractivity contribution in [2.75, 3.05) is 5.32 Å². The summed E-state index contributed by atoms with van der Waals surface area (Å²) in [5.74, 6) is -0.0233. The first-order valence-corrected chi connectivity index (χ1v) is 8.37. The Hall–Kier alpha value is -3.24. The van der Waals surface area contributed by atoms with Gasteiger partial charge in [0.25, 0.3) is 0 Å². The average molecular weight is 367 g/mol. The zero-order valence-corrected chi connectivity index (χ0v) is 14.1. The van der Waals surface area contributed by atoms with Crippen LogP contribution in [-0.2, 0) is 6.42 Å². The maximum atomic E-state index is 12.6. The van der Waals surface area contributed by atoms with Gasteiger partial charge in [-0.3, -0.25) is 4.98 Å². The summed E-state index contributed by atoms with van der Waals surface area (Å²) >= 11 is 0. The largest absolute Gasteiger partial charge is 0.435 e. The lowest BCUT2D eigenvalue weighted by molar-refractivity contribution is -0.0497. The summed E-state index contributed by atoms with van der Waals surface area (Å²) in [4.78, 5) is 4.20. The van der Waals surface area contributed by atoms with E-state index in [9.17, 15) is 19.1 Å². The Morgan fingerprint density at radius 2 is 2.07 bits per heavy atom. The van der Waals surface area contributed by atoms with Crippen molar-refractivity contribution in [3.05, 3.63) is 65.4 Å². The summed E-state index contributed by atoms with van der Waals surface area (Å²) in [5.41, 5.74) is 3.19. The molecule has 3 aromatic rings. The van der Waals surface area contributed by atoms with E-state index >= 15 is 0 Å². The average Bonchev–Trinajstić information content (AvgIpc) is 2.97. The van der Waals surface area contributed by atoms with Crippen molar-refractivity contribution in [2.45, 2.75) is 25.2 Å². The van der Waals surface area contributed by atoms with Gasteiger partial charge in [-0.15, -0.1) is 0 Å². The number of hydrogen-bond donors (Lipinski definition) is 2. The standard InChI is InChI=1S/C20H15F2N3O2/c21-20(22)27-13-5-6-16-15(8-13)18(12(9-23)10-24-16)25-19-14-4-2-1-3-11(14)7-17(19)26/h1-6,8,10,17,19-20,26H,7H2,(H,24,25)/t17-,19+/m1/s1. The molecule has 0 bridgehead atoms. The second kappa shape index (κ2) is 6.82. The number of anilines is 1. The first-order chi connectivity index (χ1) is 13.1. The van der Waals surface area contributed by atoms with Crippen molar-refractivity contribution in [2.24, 2.45) is 0 Å². The van der Waals surface area contributed by atoms with E-state index in [4.69, 9.17) is 0 Å². The van der Waals surface area contributed by atoms with E-state index in [-0.39, 0.29) is 11.3 Å². The van der Waals surface area contributed by atoms with Crippen molar-refractivity contribution in [1.29, 1.82) is 5.26 Å². The minimum absolute atomic E-state index is 0.0233. The van der Waals surface area contributed by atoms with Gasteiger partial charge in [0, 0.05) is 18.0 Å². The van der Waals surface area contributed by atoms with Gasteiger partial charge in [-0.05, 0) is 29.3 Å². The predicted octanol–water partition coefficient (Wildman–Crippen LogP) is 3.78. The third-order valence-corrected chi connectivity index (χ3v) is 4.69. The lowest BCUT2D eigenvalue weighted by atomic mass is 10.0. The number of fused-ring (bicyclic) bond motifs is 2. The quantitative estimate of drug-likeness (QED) is 0.734. The van der Waals surface area contributed by atoms with Crippen LogP contribution in [0.4, 0.5) is 14.5 Å². The maximum Gasteiger partial charge on any atom is 0.387 e. The summed E-state index contributed by atoms with van der Waals surface area (Å²) in [6.45, 7) is -2.95. The minimum atomic E-state index is -2.95. The number of nitrogens with zero attached hydrogens (tertiary/aromatic N) is 2. The van der Waals surface area contributed by atoms with Gasteiger partial charge in [-0.2, -0.15) is 14.0 Å². The van der Waals surface area contributed by atoms with Gasteiger partial charge in [0.1, 0.15) is 11.8 Å². The van der Waals surface area contributed by atoms with Gasteiger partial charge in [0.2, 0.25) is 0 Å². The van der Waals surface area contributed by atoms with Gasteiger partial charge in [0.15, 0.2) is 0 Å². The number of rotatable bonds is 4. The molecule has 0 spiro atoms. The Kier molecular flexibility index (Phi) is 4.34. The Bertz CT molecular complexity index is 1050. The summed E-state index contributed by atoms with van der Waals surface area (Å²) in [7, 11) is 0. The Balaban J connectivity index is 1.81. The van der Waals surface area contributed by atoms with E-state index in [0.29, 0.717) is 23.0 Å². The van der Waals surface area contributed by atoms with Crippen molar-refractivity contribution in [1.82, 2.24) is 4.98 Å². The minimum Gasteiger partial charge on any atom is -0.435 e. The van der Waals surface area contributed by atoms with Gasteiger partial charge in [-0.1, -0.05) is 24.3 Å². The monoisotopic (exact) mass is 367 g/mol. The zero-order chi connectivity index (χ0) is 19.0. The number of nitrogens with one attached hydrogen (secondary N) is 1. The smallest absolute Gasteiger partial charge is 0.387 e. The SMILES string of the molecule is N#Cc1cnc2ccc(OC(F)F)cc2c1N[C@H]1c2ccccc2C[C@H]1O. The molecule has 4 rings (SSSR count). The molecule has 5 nitrogen and oxygen atoms in total. The van der Waals surface area contributed by atoms with Gasteiger partial charge in [-0.25, -0.2) is 0 Å². The third-order valence-electron chi connectivity index (χ3n) is 4.69. The van der Waals surface area contributed by atoms with Crippen LogP contribution in [0.15, 0.2) is 48.7 Å². The predicted molar refractivity (Wildman–Crippen MR) is 95.6 cm³/mol. The van der Waals surface area contributed by atoms with E-state index in [1.807, 2.05) is 24.3 Å². The van der Waals surface area contributed by atoms with Crippen LogP contribution in [0.2, 0.25) is 0 Å². The highest BCUT2D eigenvalue weighted by atomic mass is 19.3. The third kappa shape index (κ3) is 3.15. The Labute approximate surface area is 153 Å². The molecule has 1 heterocycles. The summed E-state index contributed by atoms with van der Waals surface area (Å²) < 4.78 is 29.6. The number of pyridine rings is 1. The molecule has 0 saturated heterocycles. The molecule has 0 radical (unpaired) electrons. The van der Waals surface area contributed by atoms with E-state index in [2.05, 4.69) is 21.1 Å². The number of alkyl halides is 2. The second-order valence-electron chi connectivity index (χ2n) is 6.31. The molecule has 0 amide bonds. The Morgan fingerprint density at radius 3 is 2.85 bits per heavy atom. The number of halogens is 2. The zero-order valence-electron chi connectivity index (χ0n) is 14.1. The first kappa shape index (κ1) is 17.2. The van der Waals surface area contributed by atoms with Crippen LogP contribution in [0.25, 0.3) is 10.9 Å². The first-order valence-electron chi connectivity index (χ1n) is 8.37. The Morgan fingerprint density at radius 1 is 1.26 bits per heavy atom. The van der Waals surface area contributed by atoms with E-state index in [1.54, 1.807) is 6.07 Å². The molecule has 2 N–H and O–H groups in total. The van der Waals surface area contributed by atoms with E-state index in [1.165, 1.54) is 18.3 Å². The fourth-order valence-corrected chi connectivity index (χ4v) is 3.49. The number of aliphatic hydroxyl groups excluding tert-OH is 1. The molecule has 1 aliphatic rings. The molecule has 0 saturated carbocycles. The topological polar surface area (TPSA) is 78.2 Å². The van der Waals surface area contributed by atoms with Crippen LogP contribution in [0, 0.1) is 11.3 Å².